The molecule has 0 spiro atoms. The maximum atomic E-state index is 12.6. The number of fused-ring (bicyclic) bond motifs is 2. The van der Waals surface area contributed by atoms with E-state index in [9.17, 15) is 9.59 Å². The van der Waals surface area contributed by atoms with Crippen LogP contribution < -0.4 is 0 Å². The zero-order chi connectivity index (χ0) is 15.4. The summed E-state index contributed by atoms with van der Waals surface area (Å²) in [7, 11) is 0. The van der Waals surface area contributed by atoms with Gasteiger partial charge in [-0.2, -0.15) is 0 Å². The Morgan fingerprint density at radius 2 is 1.33 bits per heavy atom. The van der Waals surface area contributed by atoms with E-state index >= 15 is 0 Å². The predicted octanol–water partition coefficient (Wildman–Crippen LogP) is 4.94. The van der Waals surface area contributed by atoms with E-state index in [4.69, 9.17) is 46.4 Å². The number of ketones is 2. The summed E-state index contributed by atoms with van der Waals surface area (Å²) in [5.41, 5.74) is 1.14. The molecule has 21 heavy (non-hydrogen) atoms. The molecule has 2 nitrogen and oxygen atoms in total. The van der Waals surface area contributed by atoms with Gasteiger partial charge in [-0.3, -0.25) is 9.59 Å². The second-order valence-corrected chi connectivity index (χ2v) is 7.21. The van der Waals surface area contributed by atoms with Gasteiger partial charge in [0.15, 0.2) is 11.6 Å². The van der Waals surface area contributed by atoms with Crippen LogP contribution in [0.15, 0.2) is 36.4 Å². The van der Waals surface area contributed by atoms with E-state index in [1.807, 2.05) is 0 Å². The van der Waals surface area contributed by atoms with Crippen molar-refractivity contribution >= 4 is 58.0 Å². The number of rotatable bonds is 0. The van der Waals surface area contributed by atoms with E-state index in [1.54, 1.807) is 24.3 Å². The molecule has 6 heteroatoms. The normalized spacial score (nSPS) is 13.9. The van der Waals surface area contributed by atoms with Crippen LogP contribution in [-0.4, -0.2) is 11.6 Å². The lowest BCUT2D eigenvalue weighted by molar-refractivity contribution is 0.0979. The van der Waals surface area contributed by atoms with Gasteiger partial charge in [0.05, 0.1) is 10.6 Å². The molecule has 0 saturated carbocycles. The van der Waals surface area contributed by atoms with Gasteiger partial charge in [-0.25, -0.2) is 0 Å². The van der Waals surface area contributed by atoms with Crippen molar-refractivity contribution in [3.05, 3.63) is 69.2 Å². The highest BCUT2D eigenvalue weighted by molar-refractivity contribution is 6.67. The first kappa shape index (κ1) is 14.9. The van der Waals surface area contributed by atoms with Gasteiger partial charge >= 0.3 is 0 Å². The molecule has 0 saturated heterocycles. The quantitative estimate of drug-likeness (QED) is 0.532. The fourth-order valence-electron chi connectivity index (χ4n) is 2.37. The molecule has 1 aliphatic rings. The topological polar surface area (TPSA) is 34.1 Å². The number of alkyl halides is 3. The number of hydrogen-bond acceptors (Lipinski definition) is 2. The second-order valence-electron chi connectivity index (χ2n) is 4.55. The van der Waals surface area contributed by atoms with Crippen molar-refractivity contribution in [2.75, 3.05) is 0 Å². The van der Waals surface area contributed by atoms with Crippen molar-refractivity contribution in [3.8, 4) is 0 Å². The molecule has 0 radical (unpaired) electrons. The molecule has 2 aromatic carbocycles. The lowest BCUT2D eigenvalue weighted by Gasteiger charge is -2.22. The van der Waals surface area contributed by atoms with E-state index in [0.29, 0.717) is 11.1 Å². The van der Waals surface area contributed by atoms with E-state index in [0.717, 1.165) is 0 Å². The Hall–Kier alpha value is -1.06. The van der Waals surface area contributed by atoms with Crippen molar-refractivity contribution in [2.24, 2.45) is 0 Å². The monoisotopic (exact) mass is 358 g/mol. The maximum absolute atomic E-state index is 12.6. The van der Waals surface area contributed by atoms with Gasteiger partial charge in [-0.15, -0.1) is 0 Å². The molecular weight excluding hydrogens is 354 g/mol. The Kier molecular flexibility index (Phi) is 3.53. The van der Waals surface area contributed by atoms with Gasteiger partial charge in [0.2, 0.25) is 3.79 Å². The van der Waals surface area contributed by atoms with Crippen molar-refractivity contribution in [2.45, 2.75) is 3.79 Å². The molecule has 0 amide bonds. The van der Waals surface area contributed by atoms with Crippen LogP contribution in [0.3, 0.4) is 0 Å². The lowest BCUT2D eigenvalue weighted by Crippen LogP contribution is -2.22. The Labute approximate surface area is 140 Å². The van der Waals surface area contributed by atoms with Crippen LogP contribution in [0, 0.1) is 0 Å². The summed E-state index contributed by atoms with van der Waals surface area (Å²) in [6.07, 6.45) is 0. The van der Waals surface area contributed by atoms with Gasteiger partial charge in [0.1, 0.15) is 0 Å². The van der Waals surface area contributed by atoms with Crippen molar-refractivity contribution in [1.29, 1.82) is 0 Å². The van der Waals surface area contributed by atoms with Gasteiger partial charge in [-0.05, 0) is 6.07 Å². The summed E-state index contributed by atoms with van der Waals surface area (Å²) in [6.45, 7) is 0. The average molecular weight is 360 g/mol. The van der Waals surface area contributed by atoms with E-state index < -0.39 is 3.79 Å². The molecule has 0 fully saturated rings. The first-order valence-electron chi connectivity index (χ1n) is 5.90. The predicted molar refractivity (Wildman–Crippen MR) is 84.0 cm³/mol. The van der Waals surface area contributed by atoms with E-state index in [-0.39, 0.29) is 33.3 Å². The summed E-state index contributed by atoms with van der Waals surface area (Å²) < 4.78 is -1.77. The average Bonchev–Trinajstić information content (AvgIpc) is 2.43. The summed E-state index contributed by atoms with van der Waals surface area (Å²) >= 11 is 23.7. The zero-order valence-corrected chi connectivity index (χ0v) is 13.3. The van der Waals surface area contributed by atoms with Crippen LogP contribution in [-0.2, 0) is 3.79 Å². The summed E-state index contributed by atoms with van der Waals surface area (Å²) in [5.74, 6) is -0.612. The van der Waals surface area contributed by atoms with Crippen molar-refractivity contribution in [3.63, 3.8) is 0 Å². The molecule has 0 atom stereocenters. The summed E-state index contributed by atoms with van der Waals surface area (Å²) in [4.78, 5) is 25.0. The minimum Gasteiger partial charge on any atom is -0.289 e. The molecule has 3 rings (SSSR count). The van der Waals surface area contributed by atoms with E-state index in [1.165, 1.54) is 12.1 Å². The maximum Gasteiger partial charge on any atom is 0.217 e. The van der Waals surface area contributed by atoms with Crippen molar-refractivity contribution < 1.29 is 9.59 Å². The van der Waals surface area contributed by atoms with Gasteiger partial charge < -0.3 is 0 Å². The molecule has 2 aromatic rings. The van der Waals surface area contributed by atoms with Crippen LogP contribution in [0.4, 0.5) is 0 Å². The largest absolute Gasteiger partial charge is 0.289 e. The Morgan fingerprint density at radius 1 is 0.762 bits per heavy atom. The lowest BCUT2D eigenvalue weighted by atomic mass is 9.83. The van der Waals surface area contributed by atoms with Gasteiger partial charge in [0, 0.05) is 22.3 Å². The van der Waals surface area contributed by atoms with Gasteiger partial charge in [-0.1, -0.05) is 76.7 Å². The highest BCUT2D eigenvalue weighted by Crippen LogP contribution is 2.45. The second kappa shape index (κ2) is 4.99. The first-order valence-corrected chi connectivity index (χ1v) is 7.41. The Morgan fingerprint density at radius 3 is 1.90 bits per heavy atom. The van der Waals surface area contributed by atoms with Crippen LogP contribution in [0.2, 0.25) is 5.02 Å². The Balaban J connectivity index is 2.32. The number of benzene rings is 2. The molecule has 0 unspecified atom stereocenters. The molecule has 0 aromatic heterocycles. The third-order valence-corrected chi connectivity index (χ3v) is 4.34. The summed E-state index contributed by atoms with van der Waals surface area (Å²) in [6, 6.07) is 9.49. The van der Waals surface area contributed by atoms with Crippen LogP contribution in [0.1, 0.15) is 37.4 Å². The fraction of sp³-hybridized carbons (Fsp3) is 0.0667. The summed E-state index contributed by atoms with van der Waals surface area (Å²) in [5, 5.41) is 0.000327. The standard InChI is InChI=1S/C15H6Cl4O2/c16-12-10(15(17,18)19)6-5-9-11(12)14(21)8-4-2-1-3-7(8)13(9)20/h1-6H. The number of hydrogen-bond donors (Lipinski definition) is 0. The Bertz CT molecular complexity index is 791. The minimum atomic E-state index is -1.77. The third kappa shape index (κ3) is 2.27. The number of carbonyl (C=O) groups is 2. The molecular formula is C15H6Cl4O2. The number of carbonyl (C=O) groups excluding carboxylic acids is 2. The van der Waals surface area contributed by atoms with Gasteiger partial charge in [0.25, 0.3) is 0 Å². The smallest absolute Gasteiger partial charge is 0.217 e. The third-order valence-electron chi connectivity index (χ3n) is 3.34. The molecule has 0 heterocycles. The minimum absolute atomic E-state index is 0.000327. The SMILES string of the molecule is O=C1c2ccccc2C(=O)c2c1ccc(C(Cl)(Cl)Cl)c2Cl. The van der Waals surface area contributed by atoms with Crippen LogP contribution in [0.25, 0.3) is 0 Å². The number of halogens is 4. The molecule has 0 N–H and O–H groups in total. The fourth-order valence-corrected chi connectivity index (χ4v) is 3.37. The van der Waals surface area contributed by atoms with Crippen LogP contribution >= 0.6 is 46.4 Å². The molecule has 0 bridgehead atoms. The highest BCUT2D eigenvalue weighted by Gasteiger charge is 2.35. The zero-order valence-electron chi connectivity index (χ0n) is 10.3. The van der Waals surface area contributed by atoms with Crippen molar-refractivity contribution in [1.82, 2.24) is 0 Å². The highest BCUT2D eigenvalue weighted by atomic mass is 35.6. The molecule has 106 valence electrons. The molecule has 0 aliphatic heterocycles. The first-order chi connectivity index (χ1) is 9.82. The van der Waals surface area contributed by atoms with E-state index in [2.05, 4.69) is 0 Å². The van der Waals surface area contributed by atoms with Crippen LogP contribution in [0.5, 0.6) is 0 Å². The molecule has 1 aliphatic carbocycles.